The lowest BCUT2D eigenvalue weighted by Gasteiger charge is -2.32. The summed E-state index contributed by atoms with van der Waals surface area (Å²) in [6, 6.07) is 7.28. The molecule has 0 heterocycles. The molecule has 0 aliphatic heterocycles. The molecule has 4 nitrogen and oxygen atoms in total. The van der Waals surface area contributed by atoms with E-state index >= 15 is 0 Å². The number of rotatable bonds is 4. The van der Waals surface area contributed by atoms with E-state index in [2.05, 4.69) is 5.32 Å². The standard InChI is InChI=1S/C13H17NO3/c1-2-17-12-6-4-3-5-11(12)13(16)14-9-7-10(15)8-9/h3-6,9-10,15H,2,7-8H2,1H3,(H,14,16). The summed E-state index contributed by atoms with van der Waals surface area (Å²) in [5, 5.41) is 12.0. The summed E-state index contributed by atoms with van der Waals surface area (Å²) in [6.07, 6.45) is 1.02. The third-order valence-electron chi connectivity index (χ3n) is 2.88. The van der Waals surface area contributed by atoms with Crippen LogP contribution in [-0.2, 0) is 0 Å². The van der Waals surface area contributed by atoms with Gasteiger partial charge < -0.3 is 15.2 Å². The van der Waals surface area contributed by atoms with Crippen molar-refractivity contribution in [3.05, 3.63) is 29.8 Å². The van der Waals surface area contributed by atoms with Crippen LogP contribution in [0.2, 0.25) is 0 Å². The maximum atomic E-state index is 12.0. The Morgan fingerprint density at radius 1 is 1.47 bits per heavy atom. The highest BCUT2D eigenvalue weighted by Crippen LogP contribution is 2.22. The maximum Gasteiger partial charge on any atom is 0.255 e. The fourth-order valence-corrected chi connectivity index (χ4v) is 1.90. The largest absolute Gasteiger partial charge is 0.493 e. The van der Waals surface area contributed by atoms with Gasteiger partial charge in [-0.1, -0.05) is 12.1 Å². The van der Waals surface area contributed by atoms with Gasteiger partial charge in [0.05, 0.1) is 18.3 Å². The van der Waals surface area contributed by atoms with Crippen LogP contribution in [-0.4, -0.2) is 29.8 Å². The summed E-state index contributed by atoms with van der Waals surface area (Å²) in [7, 11) is 0. The van der Waals surface area contributed by atoms with Crippen molar-refractivity contribution in [1.82, 2.24) is 5.32 Å². The minimum Gasteiger partial charge on any atom is -0.493 e. The number of carbonyl (C=O) groups excluding carboxylic acids is 1. The minimum absolute atomic E-state index is 0.0900. The predicted octanol–water partition coefficient (Wildman–Crippen LogP) is 1.34. The second-order valence-corrected chi connectivity index (χ2v) is 4.22. The zero-order valence-corrected chi connectivity index (χ0v) is 9.85. The molecule has 0 bridgehead atoms. The molecule has 2 rings (SSSR count). The van der Waals surface area contributed by atoms with E-state index in [1.54, 1.807) is 12.1 Å². The molecule has 4 heteroatoms. The van der Waals surface area contributed by atoms with Gasteiger partial charge in [-0.3, -0.25) is 4.79 Å². The molecule has 0 radical (unpaired) electrons. The fraction of sp³-hybridized carbons (Fsp3) is 0.462. The van der Waals surface area contributed by atoms with Crippen LogP contribution in [0.25, 0.3) is 0 Å². The van der Waals surface area contributed by atoms with Gasteiger partial charge in [0.25, 0.3) is 5.91 Å². The number of aliphatic hydroxyl groups excluding tert-OH is 1. The van der Waals surface area contributed by atoms with Crippen LogP contribution in [0.4, 0.5) is 0 Å². The molecule has 1 fully saturated rings. The fourth-order valence-electron chi connectivity index (χ4n) is 1.90. The molecule has 1 aliphatic rings. The van der Waals surface area contributed by atoms with Crippen molar-refractivity contribution in [3.8, 4) is 5.75 Å². The van der Waals surface area contributed by atoms with Gasteiger partial charge in [-0.25, -0.2) is 0 Å². The van der Waals surface area contributed by atoms with Gasteiger partial charge in [0.2, 0.25) is 0 Å². The van der Waals surface area contributed by atoms with E-state index in [9.17, 15) is 4.79 Å². The van der Waals surface area contributed by atoms with Crippen LogP contribution < -0.4 is 10.1 Å². The van der Waals surface area contributed by atoms with E-state index < -0.39 is 0 Å². The van der Waals surface area contributed by atoms with Crippen molar-refractivity contribution in [3.63, 3.8) is 0 Å². The molecular formula is C13H17NO3. The van der Waals surface area contributed by atoms with Gasteiger partial charge in [-0.2, -0.15) is 0 Å². The summed E-state index contributed by atoms with van der Waals surface area (Å²) in [5.74, 6) is 0.471. The van der Waals surface area contributed by atoms with Crippen LogP contribution in [0.1, 0.15) is 30.1 Å². The number of benzene rings is 1. The summed E-state index contributed by atoms with van der Waals surface area (Å²) < 4.78 is 5.40. The Balaban J connectivity index is 2.02. The zero-order valence-electron chi connectivity index (χ0n) is 9.85. The van der Waals surface area contributed by atoms with Crippen molar-refractivity contribution < 1.29 is 14.6 Å². The van der Waals surface area contributed by atoms with Gasteiger partial charge in [-0.15, -0.1) is 0 Å². The van der Waals surface area contributed by atoms with E-state index in [0.29, 0.717) is 30.8 Å². The Morgan fingerprint density at radius 2 is 2.18 bits per heavy atom. The number of hydrogen-bond donors (Lipinski definition) is 2. The Labute approximate surface area is 101 Å². The van der Waals surface area contributed by atoms with Crippen molar-refractivity contribution in [1.29, 1.82) is 0 Å². The average molecular weight is 235 g/mol. The van der Waals surface area contributed by atoms with Crippen LogP contribution >= 0.6 is 0 Å². The Kier molecular flexibility index (Phi) is 3.64. The molecule has 2 N–H and O–H groups in total. The first-order valence-electron chi connectivity index (χ1n) is 5.91. The van der Waals surface area contributed by atoms with Crippen molar-refractivity contribution >= 4 is 5.91 Å². The second kappa shape index (κ2) is 5.19. The highest BCUT2D eigenvalue weighted by molar-refractivity contribution is 5.97. The Bertz CT molecular complexity index is 399. The summed E-state index contributed by atoms with van der Waals surface area (Å²) >= 11 is 0. The van der Waals surface area contributed by atoms with Gasteiger partial charge in [0.1, 0.15) is 5.75 Å². The molecule has 92 valence electrons. The minimum atomic E-state index is -0.262. The van der Waals surface area contributed by atoms with Crippen molar-refractivity contribution in [2.75, 3.05) is 6.61 Å². The predicted molar refractivity (Wildman–Crippen MR) is 64.1 cm³/mol. The van der Waals surface area contributed by atoms with Gasteiger partial charge in [0, 0.05) is 6.04 Å². The Morgan fingerprint density at radius 3 is 2.82 bits per heavy atom. The number of para-hydroxylation sites is 1. The number of ether oxygens (including phenoxy) is 1. The number of hydrogen-bond acceptors (Lipinski definition) is 3. The van der Waals surface area contributed by atoms with E-state index in [0.717, 1.165) is 0 Å². The first-order valence-corrected chi connectivity index (χ1v) is 5.91. The molecule has 1 saturated carbocycles. The molecule has 1 aliphatic carbocycles. The van der Waals surface area contributed by atoms with Crippen LogP contribution in [0, 0.1) is 0 Å². The van der Waals surface area contributed by atoms with E-state index in [1.165, 1.54) is 0 Å². The molecule has 0 spiro atoms. The molecule has 0 unspecified atom stereocenters. The van der Waals surface area contributed by atoms with Crippen LogP contribution in [0.3, 0.4) is 0 Å². The third kappa shape index (κ3) is 2.77. The SMILES string of the molecule is CCOc1ccccc1C(=O)NC1CC(O)C1. The number of nitrogens with one attached hydrogen (secondary N) is 1. The monoisotopic (exact) mass is 235 g/mol. The average Bonchev–Trinajstić information content (AvgIpc) is 2.28. The first kappa shape index (κ1) is 11.9. The van der Waals surface area contributed by atoms with Crippen LogP contribution in [0.5, 0.6) is 5.75 Å². The second-order valence-electron chi connectivity index (χ2n) is 4.22. The van der Waals surface area contributed by atoms with Gasteiger partial charge >= 0.3 is 0 Å². The number of aliphatic hydroxyl groups is 1. The molecular weight excluding hydrogens is 218 g/mol. The highest BCUT2D eigenvalue weighted by Gasteiger charge is 2.29. The molecule has 0 saturated heterocycles. The maximum absolute atomic E-state index is 12.0. The smallest absolute Gasteiger partial charge is 0.255 e. The summed E-state index contributed by atoms with van der Waals surface area (Å²) in [5.41, 5.74) is 0.552. The molecule has 1 aromatic carbocycles. The molecule has 17 heavy (non-hydrogen) atoms. The van der Waals surface area contributed by atoms with E-state index in [4.69, 9.17) is 9.84 Å². The van der Waals surface area contributed by atoms with Crippen molar-refractivity contribution in [2.45, 2.75) is 31.9 Å². The highest BCUT2D eigenvalue weighted by atomic mass is 16.5. The topological polar surface area (TPSA) is 58.6 Å². The van der Waals surface area contributed by atoms with E-state index in [-0.39, 0.29) is 18.1 Å². The quantitative estimate of drug-likeness (QED) is 0.828. The summed E-state index contributed by atoms with van der Waals surface area (Å²) in [6.45, 7) is 2.42. The zero-order chi connectivity index (χ0) is 12.3. The summed E-state index contributed by atoms with van der Waals surface area (Å²) in [4.78, 5) is 12.0. The van der Waals surface area contributed by atoms with Crippen molar-refractivity contribution in [2.24, 2.45) is 0 Å². The lowest BCUT2D eigenvalue weighted by molar-refractivity contribution is 0.0561. The lowest BCUT2D eigenvalue weighted by atomic mass is 9.89. The third-order valence-corrected chi connectivity index (χ3v) is 2.88. The first-order chi connectivity index (χ1) is 8.20. The van der Waals surface area contributed by atoms with Gasteiger partial charge in [0.15, 0.2) is 0 Å². The molecule has 1 amide bonds. The molecule has 1 aromatic rings. The van der Waals surface area contributed by atoms with E-state index in [1.807, 2.05) is 19.1 Å². The van der Waals surface area contributed by atoms with Crippen LogP contribution in [0.15, 0.2) is 24.3 Å². The molecule has 0 aromatic heterocycles. The molecule has 0 atom stereocenters. The Hall–Kier alpha value is -1.55. The lowest BCUT2D eigenvalue weighted by Crippen LogP contribution is -2.46. The number of carbonyl (C=O) groups is 1. The number of amides is 1. The van der Waals surface area contributed by atoms with Gasteiger partial charge in [-0.05, 0) is 31.9 Å². The normalized spacial score (nSPS) is 22.7.